The molecule has 0 aromatic heterocycles. The van der Waals surface area contributed by atoms with Gasteiger partial charge in [-0.25, -0.2) is 4.72 Å². The predicted octanol–water partition coefficient (Wildman–Crippen LogP) is 1.58. The Labute approximate surface area is 124 Å². The summed E-state index contributed by atoms with van der Waals surface area (Å²) in [7, 11) is -3.31. The number of piperidine rings is 1. The van der Waals surface area contributed by atoms with Gasteiger partial charge in [-0.15, -0.1) is 0 Å². The minimum absolute atomic E-state index is 0.329. The first-order valence-electron chi connectivity index (χ1n) is 7.88. The second-order valence-corrected chi connectivity index (χ2v) is 7.88. The molecule has 0 aromatic carbocycles. The fraction of sp³-hybridized carbons (Fsp3) is 1.00. The first kappa shape index (κ1) is 17.9. The number of hydrogen-bond donors (Lipinski definition) is 2. The van der Waals surface area contributed by atoms with Gasteiger partial charge >= 0.3 is 0 Å². The summed E-state index contributed by atoms with van der Waals surface area (Å²) >= 11 is 0. The van der Waals surface area contributed by atoms with Crippen molar-refractivity contribution in [1.29, 1.82) is 0 Å². The molecule has 0 aromatic rings. The van der Waals surface area contributed by atoms with Gasteiger partial charge in [0.05, 0.1) is 0 Å². The molecule has 120 valence electrons. The van der Waals surface area contributed by atoms with E-state index in [0.29, 0.717) is 37.5 Å². The van der Waals surface area contributed by atoms with Crippen molar-refractivity contribution in [2.45, 2.75) is 53.0 Å². The average molecular weight is 305 g/mol. The molecule has 2 unspecified atom stereocenters. The van der Waals surface area contributed by atoms with Gasteiger partial charge in [0.2, 0.25) is 0 Å². The maximum atomic E-state index is 12.3. The van der Waals surface area contributed by atoms with E-state index < -0.39 is 10.2 Å². The van der Waals surface area contributed by atoms with Crippen LogP contribution in [-0.4, -0.2) is 44.9 Å². The van der Waals surface area contributed by atoms with Crippen LogP contribution in [0.3, 0.4) is 0 Å². The quantitative estimate of drug-likeness (QED) is 0.716. The van der Waals surface area contributed by atoms with Crippen molar-refractivity contribution < 1.29 is 8.42 Å². The second kappa shape index (κ2) is 8.32. The third-order valence-corrected chi connectivity index (χ3v) is 5.43. The van der Waals surface area contributed by atoms with E-state index in [2.05, 4.69) is 23.9 Å². The number of hydrogen-bond acceptors (Lipinski definition) is 3. The maximum Gasteiger partial charge on any atom is 0.279 e. The Morgan fingerprint density at radius 3 is 2.55 bits per heavy atom. The standard InChI is InChI=1S/C14H31N3O2S/c1-5-8-15-14-7-9-17(11-13(14)6-2)20(18,19)16-10-12(3)4/h12-16H,5-11H2,1-4H3. The Bertz CT molecular complexity index is 371. The molecule has 1 aliphatic heterocycles. The van der Waals surface area contributed by atoms with Crippen LogP contribution < -0.4 is 10.0 Å². The molecule has 1 fully saturated rings. The molecule has 20 heavy (non-hydrogen) atoms. The van der Waals surface area contributed by atoms with Crippen LogP contribution in [0.5, 0.6) is 0 Å². The molecule has 1 rings (SSSR count). The van der Waals surface area contributed by atoms with E-state index in [1.54, 1.807) is 4.31 Å². The molecule has 0 amide bonds. The molecule has 1 saturated heterocycles. The zero-order chi connectivity index (χ0) is 15.2. The van der Waals surface area contributed by atoms with Crippen molar-refractivity contribution in [2.75, 3.05) is 26.2 Å². The summed E-state index contributed by atoms with van der Waals surface area (Å²) in [5.41, 5.74) is 0. The zero-order valence-corrected chi connectivity index (χ0v) is 14.2. The van der Waals surface area contributed by atoms with Crippen molar-refractivity contribution in [3.63, 3.8) is 0 Å². The van der Waals surface area contributed by atoms with Crippen molar-refractivity contribution in [1.82, 2.24) is 14.3 Å². The highest BCUT2D eigenvalue weighted by Gasteiger charge is 2.33. The summed E-state index contributed by atoms with van der Waals surface area (Å²) < 4.78 is 28.9. The molecule has 0 spiro atoms. The topological polar surface area (TPSA) is 61.4 Å². The molecule has 0 aliphatic carbocycles. The van der Waals surface area contributed by atoms with Gasteiger partial charge in [-0.1, -0.05) is 34.1 Å². The summed E-state index contributed by atoms with van der Waals surface area (Å²) in [5.74, 6) is 0.737. The molecular weight excluding hydrogens is 274 g/mol. The fourth-order valence-electron chi connectivity index (χ4n) is 2.59. The van der Waals surface area contributed by atoms with Crippen LogP contribution in [0.25, 0.3) is 0 Å². The summed E-state index contributed by atoms with van der Waals surface area (Å²) in [6.07, 6.45) is 3.03. The third-order valence-electron chi connectivity index (χ3n) is 3.89. The van der Waals surface area contributed by atoms with Crippen LogP contribution in [0, 0.1) is 11.8 Å². The Morgan fingerprint density at radius 1 is 1.30 bits per heavy atom. The van der Waals surface area contributed by atoms with E-state index in [1.165, 1.54) is 0 Å². The van der Waals surface area contributed by atoms with E-state index in [0.717, 1.165) is 25.8 Å². The van der Waals surface area contributed by atoms with E-state index in [1.807, 2.05) is 13.8 Å². The Balaban J connectivity index is 2.58. The molecule has 6 heteroatoms. The van der Waals surface area contributed by atoms with Gasteiger partial charge in [-0.3, -0.25) is 0 Å². The Hall–Kier alpha value is -0.170. The number of nitrogens with one attached hydrogen (secondary N) is 2. The minimum atomic E-state index is -3.31. The van der Waals surface area contributed by atoms with Gasteiger partial charge in [0, 0.05) is 25.7 Å². The average Bonchev–Trinajstić information content (AvgIpc) is 2.42. The largest absolute Gasteiger partial charge is 0.314 e. The minimum Gasteiger partial charge on any atom is -0.314 e. The van der Waals surface area contributed by atoms with Gasteiger partial charge in [0.15, 0.2) is 0 Å². The van der Waals surface area contributed by atoms with E-state index in [-0.39, 0.29) is 0 Å². The van der Waals surface area contributed by atoms with Crippen LogP contribution in [0.4, 0.5) is 0 Å². The molecule has 0 saturated carbocycles. The molecule has 1 heterocycles. The van der Waals surface area contributed by atoms with Gasteiger partial charge < -0.3 is 5.32 Å². The van der Waals surface area contributed by atoms with Crippen LogP contribution >= 0.6 is 0 Å². The van der Waals surface area contributed by atoms with Crippen LogP contribution in [-0.2, 0) is 10.2 Å². The fourth-order valence-corrected chi connectivity index (χ4v) is 4.05. The molecule has 0 radical (unpaired) electrons. The molecular formula is C14H31N3O2S. The lowest BCUT2D eigenvalue weighted by Gasteiger charge is -2.38. The monoisotopic (exact) mass is 305 g/mol. The second-order valence-electron chi connectivity index (χ2n) is 6.12. The van der Waals surface area contributed by atoms with Gasteiger partial charge in [0.25, 0.3) is 10.2 Å². The predicted molar refractivity (Wildman–Crippen MR) is 83.8 cm³/mol. The van der Waals surface area contributed by atoms with Crippen LogP contribution in [0.1, 0.15) is 47.0 Å². The van der Waals surface area contributed by atoms with Crippen molar-refractivity contribution >= 4 is 10.2 Å². The smallest absolute Gasteiger partial charge is 0.279 e. The lowest BCUT2D eigenvalue weighted by molar-refractivity contribution is 0.201. The molecule has 1 aliphatic rings. The summed E-state index contributed by atoms with van der Waals surface area (Å²) in [6.45, 7) is 11.1. The van der Waals surface area contributed by atoms with E-state index in [9.17, 15) is 8.42 Å². The highest BCUT2D eigenvalue weighted by atomic mass is 32.2. The highest BCUT2D eigenvalue weighted by Crippen LogP contribution is 2.22. The molecule has 2 atom stereocenters. The number of rotatable bonds is 8. The first-order valence-corrected chi connectivity index (χ1v) is 9.32. The molecule has 2 N–H and O–H groups in total. The lowest BCUT2D eigenvalue weighted by Crippen LogP contribution is -2.53. The maximum absolute atomic E-state index is 12.3. The van der Waals surface area contributed by atoms with Crippen molar-refractivity contribution in [3.8, 4) is 0 Å². The molecule has 5 nitrogen and oxygen atoms in total. The Morgan fingerprint density at radius 2 is 2.00 bits per heavy atom. The summed E-state index contributed by atoms with van der Waals surface area (Å²) in [5, 5.41) is 3.55. The van der Waals surface area contributed by atoms with Crippen molar-refractivity contribution in [2.24, 2.45) is 11.8 Å². The van der Waals surface area contributed by atoms with Gasteiger partial charge in [-0.2, -0.15) is 12.7 Å². The van der Waals surface area contributed by atoms with Crippen LogP contribution in [0.15, 0.2) is 0 Å². The first-order chi connectivity index (χ1) is 9.40. The van der Waals surface area contributed by atoms with Crippen molar-refractivity contribution in [3.05, 3.63) is 0 Å². The normalized spacial score (nSPS) is 25.2. The van der Waals surface area contributed by atoms with Gasteiger partial charge in [-0.05, 0) is 31.2 Å². The zero-order valence-electron chi connectivity index (χ0n) is 13.4. The third kappa shape index (κ3) is 5.31. The highest BCUT2D eigenvalue weighted by molar-refractivity contribution is 7.87. The lowest BCUT2D eigenvalue weighted by atomic mass is 9.91. The SMILES string of the molecule is CCCNC1CCN(S(=O)(=O)NCC(C)C)CC1CC. The summed E-state index contributed by atoms with van der Waals surface area (Å²) in [6, 6.07) is 0.455. The van der Waals surface area contributed by atoms with Crippen LogP contribution in [0.2, 0.25) is 0 Å². The Kier molecular flexibility index (Phi) is 7.43. The number of nitrogens with zero attached hydrogens (tertiary/aromatic N) is 1. The van der Waals surface area contributed by atoms with Gasteiger partial charge in [0.1, 0.15) is 0 Å². The van der Waals surface area contributed by atoms with E-state index in [4.69, 9.17) is 0 Å². The molecule has 0 bridgehead atoms. The van der Waals surface area contributed by atoms with E-state index >= 15 is 0 Å². The summed E-state index contributed by atoms with van der Waals surface area (Å²) in [4.78, 5) is 0.